The number of hydrogen-bond donors (Lipinski definition) is 4. The first kappa shape index (κ1) is 20.9. The number of ether oxygens (including phenoxy) is 1. The van der Waals surface area contributed by atoms with Gasteiger partial charge in [0.15, 0.2) is 0 Å². The number of unbranched alkanes of at least 4 members (excludes halogenated alkanes) is 2. The van der Waals surface area contributed by atoms with Crippen molar-refractivity contribution in [3.8, 4) is 5.75 Å². The lowest BCUT2D eigenvalue weighted by Gasteiger charge is -2.15. The fourth-order valence-corrected chi connectivity index (χ4v) is 2.38. The monoisotopic (exact) mass is 350 g/mol. The zero-order valence-electron chi connectivity index (χ0n) is 15.1. The Morgan fingerprint density at radius 3 is 2.52 bits per heavy atom. The maximum atomic E-state index is 12.1. The molecule has 0 fully saturated rings. The van der Waals surface area contributed by atoms with Gasteiger partial charge in [0.2, 0.25) is 5.91 Å². The Bertz CT molecular complexity index is 575. The molecule has 1 rings (SSSR count). The van der Waals surface area contributed by atoms with E-state index < -0.39 is 11.9 Å². The molecule has 0 radical (unpaired) electrons. The van der Waals surface area contributed by atoms with Crippen LogP contribution >= 0.6 is 0 Å². The van der Waals surface area contributed by atoms with Crippen LogP contribution in [0.1, 0.15) is 49.9 Å². The van der Waals surface area contributed by atoms with Gasteiger partial charge < -0.3 is 27.3 Å². The molecular formula is C18H30N4O3. The average Bonchev–Trinajstić information content (AvgIpc) is 2.54. The number of anilines is 1. The maximum Gasteiger partial charge on any atom is 0.252 e. The SMILES string of the molecule is CC(C)C[C@H](N)C(=O)Nc1ccc(OCCCCCN)c(C(N)=O)c1. The summed E-state index contributed by atoms with van der Waals surface area (Å²) >= 11 is 0. The van der Waals surface area contributed by atoms with E-state index in [0.717, 1.165) is 19.3 Å². The summed E-state index contributed by atoms with van der Waals surface area (Å²) in [6.07, 6.45) is 3.33. The fraction of sp³-hybridized carbons (Fsp3) is 0.556. The predicted molar refractivity (Wildman–Crippen MR) is 99.4 cm³/mol. The molecule has 0 heterocycles. The van der Waals surface area contributed by atoms with Crippen LogP contribution in [-0.4, -0.2) is 31.0 Å². The van der Waals surface area contributed by atoms with Crippen molar-refractivity contribution >= 4 is 17.5 Å². The van der Waals surface area contributed by atoms with Gasteiger partial charge in [-0.2, -0.15) is 0 Å². The van der Waals surface area contributed by atoms with E-state index in [4.69, 9.17) is 21.9 Å². The lowest BCUT2D eigenvalue weighted by Crippen LogP contribution is -2.36. The molecule has 7 N–H and O–H groups in total. The molecule has 0 aliphatic rings. The van der Waals surface area contributed by atoms with Crippen molar-refractivity contribution in [1.82, 2.24) is 0 Å². The summed E-state index contributed by atoms with van der Waals surface area (Å²) in [4.78, 5) is 23.8. The Labute approximate surface area is 149 Å². The Morgan fingerprint density at radius 1 is 1.20 bits per heavy atom. The number of carbonyl (C=O) groups is 2. The van der Waals surface area contributed by atoms with Gasteiger partial charge in [-0.3, -0.25) is 9.59 Å². The third kappa shape index (κ3) is 7.53. The number of nitrogens with one attached hydrogen (secondary N) is 1. The second-order valence-corrected chi connectivity index (χ2v) is 6.50. The van der Waals surface area contributed by atoms with Crippen LogP contribution in [0.2, 0.25) is 0 Å². The standard InChI is InChI=1S/C18H30N4O3/c1-12(2)10-15(20)18(24)22-13-6-7-16(14(11-13)17(21)23)25-9-5-3-4-8-19/h6-7,11-12,15H,3-5,8-10,19-20H2,1-2H3,(H2,21,23)(H,22,24)/t15-/m0/s1. The van der Waals surface area contributed by atoms with Gasteiger partial charge in [-0.25, -0.2) is 0 Å². The maximum absolute atomic E-state index is 12.1. The molecule has 0 aromatic heterocycles. The fourth-order valence-electron chi connectivity index (χ4n) is 2.38. The minimum absolute atomic E-state index is 0.231. The summed E-state index contributed by atoms with van der Waals surface area (Å²) in [7, 11) is 0. The second kappa shape index (κ2) is 10.7. The Kier molecular flexibility index (Phi) is 8.94. The molecule has 0 spiro atoms. The highest BCUT2D eigenvalue weighted by Crippen LogP contribution is 2.23. The smallest absolute Gasteiger partial charge is 0.252 e. The van der Waals surface area contributed by atoms with Crippen molar-refractivity contribution in [1.29, 1.82) is 0 Å². The van der Waals surface area contributed by atoms with E-state index in [0.29, 0.717) is 36.9 Å². The summed E-state index contributed by atoms with van der Waals surface area (Å²) in [6, 6.07) is 4.21. The lowest BCUT2D eigenvalue weighted by molar-refractivity contribution is -0.117. The van der Waals surface area contributed by atoms with Gasteiger partial charge in [0, 0.05) is 5.69 Å². The number of hydrogen-bond acceptors (Lipinski definition) is 5. The molecule has 0 saturated heterocycles. The van der Waals surface area contributed by atoms with Crippen molar-refractivity contribution in [2.45, 2.75) is 45.6 Å². The van der Waals surface area contributed by atoms with Crippen LogP contribution < -0.4 is 27.3 Å². The van der Waals surface area contributed by atoms with Crippen LogP contribution in [0.4, 0.5) is 5.69 Å². The average molecular weight is 350 g/mol. The zero-order valence-corrected chi connectivity index (χ0v) is 15.1. The van der Waals surface area contributed by atoms with E-state index >= 15 is 0 Å². The molecule has 2 amide bonds. The summed E-state index contributed by atoms with van der Waals surface area (Å²) in [5, 5.41) is 2.71. The van der Waals surface area contributed by atoms with Gasteiger partial charge in [0.1, 0.15) is 5.75 Å². The van der Waals surface area contributed by atoms with Gasteiger partial charge >= 0.3 is 0 Å². The molecule has 1 atom stereocenters. The number of rotatable bonds is 11. The van der Waals surface area contributed by atoms with Crippen LogP contribution in [0.3, 0.4) is 0 Å². The van der Waals surface area contributed by atoms with Crippen LogP contribution in [-0.2, 0) is 4.79 Å². The predicted octanol–water partition coefficient (Wildman–Crippen LogP) is 1.61. The van der Waals surface area contributed by atoms with E-state index in [1.807, 2.05) is 13.8 Å². The molecule has 0 saturated carbocycles. The molecule has 1 aromatic carbocycles. The Hall–Kier alpha value is -2.12. The van der Waals surface area contributed by atoms with Crippen molar-refractivity contribution in [3.05, 3.63) is 23.8 Å². The number of benzene rings is 1. The normalized spacial score (nSPS) is 12.0. The second-order valence-electron chi connectivity index (χ2n) is 6.50. The van der Waals surface area contributed by atoms with Crippen LogP contribution in [0.15, 0.2) is 18.2 Å². The molecule has 7 heteroatoms. The van der Waals surface area contributed by atoms with E-state index in [1.54, 1.807) is 12.1 Å². The van der Waals surface area contributed by atoms with Gasteiger partial charge in [-0.15, -0.1) is 0 Å². The van der Waals surface area contributed by atoms with Gasteiger partial charge in [0.25, 0.3) is 5.91 Å². The highest BCUT2D eigenvalue weighted by atomic mass is 16.5. The highest BCUT2D eigenvalue weighted by molar-refractivity contribution is 5.99. The number of carbonyl (C=O) groups excluding carboxylic acids is 2. The van der Waals surface area contributed by atoms with E-state index in [-0.39, 0.29) is 11.5 Å². The van der Waals surface area contributed by atoms with Gasteiger partial charge in [-0.05, 0) is 56.3 Å². The first-order valence-corrected chi connectivity index (χ1v) is 8.68. The van der Waals surface area contributed by atoms with Crippen molar-refractivity contribution in [2.75, 3.05) is 18.5 Å². The molecule has 7 nitrogen and oxygen atoms in total. The van der Waals surface area contributed by atoms with E-state index in [9.17, 15) is 9.59 Å². The molecular weight excluding hydrogens is 320 g/mol. The summed E-state index contributed by atoms with van der Waals surface area (Å²) in [5.41, 5.74) is 17.4. The third-order valence-electron chi connectivity index (χ3n) is 3.68. The first-order valence-electron chi connectivity index (χ1n) is 8.68. The molecule has 1 aromatic rings. The van der Waals surface area contributed by atoms with Crippen molar-refractivity contribution in [2.24, 2.45) is 23.1 Å². The third-order valence-corrected chi connectivity index (χ3v) is 3.68. The molecule has 0 bridgehead atoms. The van der Waals surface area contributed by atoms with Crippen LogP contribution in [0.25, 0.3) is 0 Å². The topological polar surface area (TPSA) is 133 Å². The largest absolute Gasteiger partial charge is 0.493 e. The minimum atomic E-state index is -0.612. The first-order chi connectivity index (χ1) is 11.8. The van der Waals surface area contributed by atoms with E-state index in [2.05, 4.69) is 5.32 Å². The van der Waals surface area contributed by atoms with Crippen LogP contribution in [0, 0.1) is 5.92 Å². The molecule has 0 aliphatic heterocycles. The van der Waals surface area contributed by atoms with Crippen molar-refractivity contribution < 1.29 is 14.3 Å². The molecule has 25 heavy (non-hydrogen) atoms. The quantitative estimate of drug-likeness (QED) is 0.450. The number of nitrogens with two attached hydrogens (primary N) is 3. The highest BCUT2D eigenvalue weighted by Gasteiger charge is 2.17. The number of primary amides is 1. The molecule has 0 aliphatic carbocycles. The minimum Gasteiger partial charge on any atom is -0.493 e. The summed E-state index contributed by atoms with van der Waals surface area (Å²) in [6.45, 7) is 5.13. The van der Waals surface area contributed by atoms with Crippen LogP contribution in [0.5, 0.6) is 5.75 Å². The van der Waals surface area contributed by atoms with Crippen molar-refractivity contribution in [3.63, 3.8) is 0 Å². The molecule has 0 unspecified atom stereocenters. The Morgan fingerprint density at radius 2 is 1.92 bits per heavy atom. The van der Waals surface area contributed by atoms with Gasteiger partial charge in [-0.1, -0.05) is 13.8 Å². The Balaban J connectivity index is 2.73. The van der Waals surface area contributed by atoms with E-state index in [1.165, 1.54) is 6.07 Å². The summed E-state index contributed by atoms with van der Waals surface area (Å²) < 4.78 is 5.63. The molecule has 140 valence electrons. The number of amides is 2. The summed E-state index contributed by atoms with van der Waals surface area (Å²) in [5.74, 6) is -0.180. The zero-order chi connectivity index (χ0) is 18.8. The lowest BCUT2D eigenvalue weighted by atomic mass is 10.0. The van der Waals surface area contributed by atoms with Gasteiger partial charge in [0.05, 0.1) is 18.2 Å².